The molecule has 0 atom stereocenters. The van der Waals surface area contributed by atoms with Crippen LogP contribution in [0.15, 0.2) is 12.4 Å². The first-order chi connectivity index (χ1) is 7.27. The summed E-state index contributed by atoms with van der Waals surface area (Å²) < 4.78 is 1.21. The topological polar surface area (TPSA) is 25.8 Å². The predicted octanol–water partition coefficient (Wildman–Crippen LogP) is 4.36. The molecule has 0 saturated heterocycles. The smallest absolute Gasteiger partial charge is 0.116 e. The van der Waals surface area contributed by atoms with Gasteiger partial charge in [-0.2, -0.15) is 0 Å². The highest BCUT2D eigenvalue weighted by Crippen LogP contribution is 2.24. The maximum absolute atomic E-state index is 4.16. The fraction of sp³-hybridized carbons (Fsp3) is 0.500. The second-order valence-corrected chi connectivity index (χ2v) is 3.79. The minimum Gasteiger partial charge on any atom is -0.240 e. The van der Waals surface area contributed by atoms with E-state index < -0.39 is 0 Å². The van der Waals surface area contributed by atoms with Crippen LogP contribution >= 0.6 is 11.3 Å². The Balaban J connectivity index is 0.000000442. The Labute approximate surface area is 96.4 Å². The van der Waals surface area contributed by atoms with E-state index in [2.05, 4.69) is 23.0 Å². The Kier molecular flexibility index (Phi) is 6.88. The van der Waals surface area contributed by atoms with Gasteiger partial charge in [-0.15, -0.1) is 11.3 Å². The van der Waals surface area contributed by atoms with E-state index in [4.69, 9.17) is 0 Å². The Morgan fingerprint density at radius 2 is 1.60 bits per heavy atom. The van der Waals surface area contributed by atoms with Crippen molar-refractivity contribution in [1.82, 2.24) is 9.97 Å². The highest BCUT2D eigenvalue weighted by molar-refractivity contribution is 7.19. The molecule has 0 aliphatic heterocycles. The molecule has 0 saturated carbocycles. The molecule has 2 heterocycles. The number of aryl methyl sites for hydroxylation is 2. The fourth-order valence-corrected chi connectivity index (χ4v) is 2.00. The molecular formula is C12H20N2S. The molecule has 2 rings (SSSR count). The molecule has 0 aliphatic rings. The van der Waals surface area contributed by atoms with Gasteiger partial charge in [-0.3, -0.25) is 0 Å². The van der Waals surface area contributed by atoms with E-state index in [1.54, 1.807) is 17.7 Å². The molecule has 0 fully saturated rings. The first-order valence-corrected chi connectivity index (χ1v) is 6.27. The average Bonchev–Trinajstić information content (AvgIpc) is 2.66. The van der Waals surface area contributed by atoms with Crippen molar-refractivity contribution >= 4 is 21.6 Å². The highest BCUT2D eigenvalue weighted by Gasteiger charge is 2.01. The summed E-state index contributed by atoms with van der Waals surface area (Å²) in [7, 11) is 0. The molecule has 2 aromatic rings. The third kappa shape index (κ3) is 3.59. The molecule has 0 spiro atoms. The Morgan fingerprint density at radius 1 is 1.00 bits per heavy atom. The third-order valence-electron chi connectivity index (χ3n) is 1.61. The van der Waals surface area contributed by atoms with Gasteiger partial charge in [-0.1, -0.05) is 27.7 Å². The fourth-order valence-electron chi connectivity index (χ4n) is 1.09. The largest absolute Gasteiger partial charge is 0.240 e. The minimum atomic E-state index is 1.07. The molecule has 2 nitrogen and oxygen atoms in total. The van der Waals surface area contributed by atoms with Crippen LogP contribution in [0.2, 0.25) is 0 Å². The minimum absolute atomic E-state index is 1.07. The van der Waals surface area contributed by atoms with Gasteiger partial charge in [-0.05, 0) is 19.9 Å². The van der Waals surface area contributed by atoms with E-state index in [0.29, 0.717) is 0 Å². The molecule has 0 aliphatic carbocycles. The zero-order valence-electron chi connectivity index (χ0n) is 10.5. The van der Waals surface area contributed by atoms with Gasteiger partial charge in [0.2, 0.25) is 0 Å². The summed E-state index contributed by atoms with van der Waals surface area (Å²) in [6.07, 6.45) is 1.61. The van der Waals surface area contributed by atoms with Crippen molar-refractivity contribution in [3.05, 3.63) is 23.0 Å². The monoisotopic (exact) mass is 224 g/mol. The molecule has 0 radical (unpaired) electrons. The van der Waals surface area contributed by atoms with E-state index in [1.165, 1.54) is 9.58 Å². The summed E-state index contributed by atoms with van der Waals surface area (Å²) in [5.74, 6) is 0. The third-order valence-corrected chi connectivity index (χ3v) is 2.76. The lowest BCUT2D eigenvalue weighted by Gasteiger charge is -1.89. The van der Waals surface area contributed by atoms with Crippen molar-refractivity contribution < 1.29 is 0 Å². The molecule has 2 aromatic heterocycles. The zero-order chi connectivity index (χ0) is 11.8. The van der Waals surface area contributed by atoms with Crippen LogP contribution in [0.4, 0.5) is 0 Å². The van der Waals surface area contributed by atoms with Crippen LogP contribution < -0.4 is 0 Å². The number of aromatic nitrogens is 2. The van der Waals surface area contributed by atoms with Crippen LogP contribution in [0.1, 0.15) is 38.3 Å². The molecule has 3 heteroatoms. The van der Waals surface area contributed by atoms with Crippen molar-refractivity contribution in [1.29, 1.82) is 0 Å². The normalized spacial score (nSPS) is 8.67. The van der Waals surface area contributed by atoms with Crippen LogP contribution in [-0.4, -0.2) is 9.97 Å². The molecule has 0 aromatic carbocycles. The molecule has 0 amide bonds. The van der Waals surface area contributed by atoms with Gasteiger partial charge < -0.3 is 0 Å². The number of hydrogen-bond acceptors (Lipinski definition) is 3. The maximum Gasteiger partial charge on any atom is 0.116 e. The summed E-state index contributed by atoms with van der Waals surface area (Å²) in [6, 6.07) is 2.09. The maximum atomic E-state index is 4.16. The van der Waals surface area contributed by atoms with Crippen molar-refractivity contribution in [2.75, 3.05) is 0 Å². The molecule has 0 unspecified atom stereocenters. The second-order valence-electron chi connectivity index (χ2n) is 2.53. The predicted molar refractivity (Wildman–Crippen MR) is 69.6 cm³/mol. The van der Waals surface area contributed by atoms with Gasteiger partial charge in [-0.25, -0.2) is 9.97 Å². The highest BCUT2D eigenvalue weighted by atomic mass is 32.1. The number of rotatable bonds is 0. The summed E-state index contributed by atoms with van der Waals surface area (Å²) in [5.41, 5.74) is 2.15. The van der Waals surface area contributed by atoms with Gasteiger partial charge in [0.1, 0.15) is 6.33 Å². The van der Waals surface area contributed by atoms with Crippen LogP contribution in [0.5, 0.6) is 0 Å². The molecule has 15 heavy (non-hydrogen) atoms. The molecule has 0 N–H and O–H groups in total. The van der Waals surface area contributed by atoms with Gasteiger partial charge in [0.15, 0.2) is 0 Å². The summed E-state index contributed by atoms with van der Waals surface area (Å²) in [6.45, 7) is 12.1. The van der Waals surface area contributed by atoms with Crippen molar-refractivity contribution in [2.24, 2.45) is 0 Å². The number of hydrogen-bond donors (Lipinski definition) is 0. The lowest BCUT2D eigenvalue weighted by atomic mass is 10.4. The van der Waals surface area contributed by atoms with Gasteiger partial charge in [0.25, 0.3) is 0 Å². The molecule has 84 valence electrons. The van der Waals surface area contributed by atoms with E-state index >= 15 is 0 Å². The van der Waals surface area contributed by atoms with Crippen LogP contribution in [0.3, 0.4) is 0 Å². The number of thiophene rings is 1. The van der Waals surface area contributed by atoms with Crippen LogP contribution in [0, 0.1) is 13.8 Å². The van der Waals surface area contributed by atoms with Gasteiger partial charge in [0.05, 0.1) is 15.9 Å². The van der Waals surface area contributed by atoms with Crippen molar-refractivity contribution in [3.8, 4) is 0 Å². The Hall–Kier alpha value is -0.960. The molecule has 0 bridgehead atoms. The number of fused-ring (bicyclic) bond motifs is 1. The van der Waals surface area contributed by atoms with Crippen LogP contribution in [0.25, 0.3) is 10.2 Å². The molecular weight excluding hydrogens is 204 g/mol. The van der Waals surface area contributed by atoms with Crippen LogP contribution in [-0.2, 0) is 0 Å². The lowest BCUT2D eigenvalue weighted by Crippen LogP contribution is -1.80. The Bertz CT molecular complexity index is 393. The lowest BCUT2D eigenvalue weighted by molar-refractivity contribution is 1.16. The number of nitrogens with zero attached hydrogens (tertiary/aromatic N) is 2. The SMILES string of the molecule is CC.CC.Cc1cc2ncnc(C)c2s1. The summed E-state index contributed by atoms with van der Waals surface area (Å²) >= 11 is 1.75. The summed E-state index contributed by atoms with van der Waals surface area (Å²) in [5, 5.41) is 0. The van der Waals surface area contributed by atoms with E-state index in [-0.39, 0.29) is 0 Å². The van der Waals surface area contributed by atoms with Gasteiger partial charge >= 0.3 is 0 Å². The van der Waals surface area contributed by atoms with Crippen molar-refractivity contribution in [2.45, 2.75) is 41.5 Å². The van der Waals surface area contributed by atoms with E-state index in [1.807, 2.05) is 34.6 Å². The Morgan fingerprint density at radius 3 is 2.13 bits per heavy atom. The summed E-state index contributed by atoms with van der Waals surface area (Å²) in [4.78, 5) is 9.58. The van der Waals surface area contributed by atoms with Crippen molar-refractivity contribution in [3.63, 3.8) is 0 Å². The van der Waals surface area contributed by atoms with Gasteiger partial charge in [0, 0.05) is 4.88 Å². The van der Waals surface area contributed by atoms with E-state index in [9.17, 15) is 0 Å². The quantitative estimate of drug-likeness (QED) is 0.664. The first kappa shape index (κ1) is 14.0. The first-order valence-electron chi connectivity index (χ1n) is 5.45. The standard InChI is InChI=1S/C8H8N2S.2C2H6/c1-5-3-7-8(11-5)6(2)9-4-10-7;2*1-2/h3-4H,1-2H3;2*1-2H3. The van der Waals surface area contributed by atoms with E-state index in [0.717, 1.165) is 11.2 Å². The zero-order valence-corrected chi connectivity index (χ0v) is 11.3. The average molecular weight is 224 g/mol. The second kappa shape index (κ2) is 7.35.